The average molecular weight is 368 g/mol. The van der Waals surface area contributed by atoms with E-state index in [2.05, 4.69) is 4.98 Å². The smallest absolute Gasteiger partial charge is 0.341 e. The molecule has 4 nitrogen and oxygen atoms in total. The van der Waals surface area contributed by atoms with E-state index in [0.717, 1.165) is 11.6 Å². The highest BCUT2D eigenvalue weighted by Crippen LogP contribution is 2.22. The SMILES string of the molecule is CCOC(=O)C(=Cc1cccc(F)c1F)c1nccn1Cc1ccccc1. The summed E-state index contributed by atoms with van der Waals surface area (Å²) in [7, 11) is 0. The molecular weight excluding hydrogens is 350 g/mol. The van der Waals surface area contributed by atoms with Crippen LogP contribution in [0.2, 0.25) is 0 Å². The molecule has 0 bridgehead atoms. The molecule has 138 valence electrons. The zero-order valence-electron chi connectivity index (χ0n) is 14.7. The van der Waals surface area contributed by atoms with E-state index in [-0.39, 0.29) is 17.7 Å². The Morgan fingerprint density at radius 2 is 1.93 bits per heavy atom. The lowest BCUT2D eigenvalue weighted by Crippen LogP contribution is -2.12. The fourth-order valence-electron chi connectivity index (χ4n) is 2.67. The Kier molecular flexibility index (Phi) is 5.76. The Bertz CT molecular complexity index is 965. The monoisotopic (exact) mass is 368 g/mol. The number of esters is 1. The number of benzene rings is 2. The molecule has 1 heterocycles. The molecule has 0 spiro atoms. The third-order valence-electron chi connectivity index (χ3n) is 3.93. The lowest BCUT2D eigenvalue weighted by Gasteiger charge is -2.11. The highest BCUT2D eigenvalue weighted by atomic mass is 19.2. The van der Waals surface area contributed by atoms with Crippen LogP contribution in [0.5, 0.6) is 0 Å². The van der Waals surface area contributed by atoms with E-state index in [1.165, 1.54) is 18.2 Å². The maximum Gasteiger partial charge on any atom is 0.341 e. The van der Waals surface area contributed by atoms with Gasteiger partial charge in [-0.25, -0.2) is 18.6 Å². The summed E-state index contributed by atoms with van der Waals surface area (Å²) in [6, 6.07) is 13.4. The number of imidazole rings is 1. The van der Waals surface area contributed by atoms with Crippen LogP contribution in [-0.2, 0) is 16.1 Å². The van der Waals surface area contributed by atoms with Crippen molar-refractivity contribution in [1.82, 2.24) is 9.55 Å². The van der Waals surface area contributed by atoms with Gasteiger partial charge in [0, 0.05) is 24.5 Å². The first-order valence-electron chi connectivity index (χ1n) is 8.48. The van der Waals surface area contributed by atoms with Crippen LogP contribution in [0, 0.1) is 11.6 Å². The Morgan fingerprint density at radius 3 is 2.67 bits per heavy atom. The molecule has 6 heteroatoms. The van der Waals surface area contributed by atoms with Crippen LogP contribution >= 0.6 is 0 Å². The highest BCUT2D eigenvalue weighted by Gasteiger charge is 2.20. The van der Waals surface area contributed by atoms with E-state index < -0.39 is 17.6 Å². The molecule has 0 saturated heterocycles. The molecule has 0 aliphatic carbocycles. The predicted molar refractivity (Wildman–Crippen MR) is 98.6 cm³/mol. The summed E-state index contributed by atoms with van der Waals surface area (Å²) in [5, 5.41) is 0. The van der Waals surface area contributed by atoms with Gasteiger partial charge >= 0.3 is 5.97 Å². The summed E-state index contributed by atoms with van der Waals surface area (Å²) in [5.74, 6) is -2.34. The van der Waals surface area contributed by atoms with Gasteiger partial charge in [0.1, 0.15) is 11.4 Å². The zero-order chi connectivity index (χ0) is 19.2. The van der Waals surface area contributed by atoms with Crippen molar-refractivity contribution in [3.05, 3.63) is 89.5 Å². The van der Waals surface area contributed by atoms with Crippen molar-refractivity contribution in [1.29, 1.82) is 0 Å². The number of aromatic nitrogens is 2. The summed E-state index contributed by atoms with van der Waals surface area (Å²) in [6.45, 7) is 2.30. The molecule has 0 amide bonds. The lowest BCUT2D eigenvalue weighted by molar-refractivity contribution is -0.136. The molecule has 3 rings (SSSR count). The van der Waals surface area contributed by atoms with Crippen LogP contribution in [-0.4, -0.2) is 22.1 Å². The van der Waals surface area contributed by atoms with Gasteiger partial charge in [-0.15, -0.1) is 0 Å². The Labute approximate surface area is 155 Å². The molecule has 0 aliphatic heterocycles. The normalized spacial score (nSPS) is 11.4. The van der Waals surface area contributed by atoms with Crippen molar-refractivity contribution in [3.8, 4) is 0 Å². The summed E-state index contributed by atoms with van der Waals surface area (Å²) in [5.41, 5.74) is 1.02. The molecule has 0 fully saturated rings. The van der Waals surface area contributed by atoms with Crippen LogP contribution in [0.25, 0.3) is 11.6 Å². The van der Waals surface area contributed by atoms with Gasteiger partial charge in [0.05, 0.1) is 6.61 Å². The van der Waals surface area contributed by atoms with E-state index in [0.29, 0.717) is 12.4 Å². The van der Waals surface area contributed by atoms with Crippen molar-refractivity contribution in [3.63, 3.8) is 0 Å². The van der Waals surface area contributed by atoms with Crippen LogP contribution in [0.1, 0.15) is 23.9 Å². The molecule has 27 heavy (non-hydrogen) atoms. The van der Waals surface area contributed by atoms with Crippen molar-refractivity contribution in [2.75, 3.05) is 6.61 Å². The van der Waals surface area contributed by atoms with Crippen molar-refractivity contribution in [2.24, 2.45) is 0 Å². The summed E-state index contributed by atoms with van der Waals surface area (Å²) >= 11 is 0. The van der Waals surface area contributed by atoms with Crippen LogP contribution in [0.4, 0.5) is 8.78 Å². The van der Waals surface area contributed by atoms with Gasteiger partial charge in [-0.2, -0.15) is 0 Å². The van der Waals surface area contributed by atoms with Crippen LogP contribution in [0.15, 0.2) is 60.9 Å². The van der Waals surface area contributed by atoms with Gasteiger partial charge in [0.2, 0.25) is 0 Å². The number of carbonyl (C=O) groups is 1. The largest absolute Gasteiger partial charge is 0.462 e. The minimum atomic E-state index is -1.03. The highest BCUT2D eigenvalue weighted by molar-refractivity contribution is 6.20. The quantitative estimate of drug-likeness (QED) is 0.481. The predicted octanol–water partition coefficient (Wildman–Crippen LogP) is 4.31. The second-order valence-electron chi connectivity index (χ2n) is 5.79. The Morgan fingerprint density at radius 1 is 1.15 bits per heavy atom. The van der Waals surface area contributed by atoms with Crippen molar-refractivity contribution in [2.45, 2.75) is 13.5 Å². The molecule has 0 unspecified atom stereocenters. The van der Waals surface area contributed by atoms with E-state index in [4.69, 9.17) is 4.74 Å². The van der Waals surface area contributed by atoms with Gasteiger partial charge in [-0.05, 0) is 24.6 Å². The van der Waals surface area contributed by atoms with Gasteiger partial charge in [0.25, 0.3) is 0 Å². The van der Waals surface area contributed by atoms with E-state index >= 15 is 0 Å². The number of nitrogens with zero attached hydrogens (tertiary/aromatic N) is 2. The van der Waals surface area contributed by atoms with Crippen LogP contribution < -0.4 is 0 Å². The minimum absolute atomic E-state index is 0.0488. The molecule has 2 aromatic carbocycles. The summed E-state index contributed by atoms with van der Waals surface area (Å²) in [6.07, 6.45) is 4.53. The maximum absolute atomic E-state index is 14.1. The number of ether oxygens (including phenoxy) is 1. The molecule has 1 aromatic heterocycles. The zero-order valence-corrected chi connectivity index (χ0v) is 14.7. The van der Waals surface area contributed by atoms with Crippen molar-refractivity contribution < 1.29 is 18.3 Å². The Balaban J connectivity index is 2.05. The molecule has 3 aromatic rings. The fraction of sp³-hybridized carbons (Fsp3) is 0.143. The third kappa shape index (κ3) is 4.28. The first-order chi connectivity index (χ1) is 13.1. The van der Waals surface area contributed by atoms with E-state index in [1.54, 1.807) is 23.9 Å². The third-order valence-corrected chi connectivity index (χ3v) is 3.93. The molecule has 0 atom stereocenters. The van der Waals surface area contributed by atoms with Gasteiger partial charge in [-0.1, -0.05) is 42.5 Å². The molecular formula is C21H18F2N2O2. The second kappa shape index (κ2) is 8.40. The van der Waals surface area contributed by atoms with Crippen LogP contribution in [0.3, 0.4) is 0 Å². The topological polar surface area (TPSA) is 44.1 Å². The van der Waals surface area contributed by atoms with E-state index in [9.17, 15) is 13.6 Å². The number of rotatable bonds is 6. The molecule has 0 saturated carbocycles. The maximum atomic E-state index is 14.1. The Hall–Kier alpha value is -3.28. The van der Waals surface area contributed by atoms with Gasteiger partial charge in [-0.3, -0.25) is 0 Å². The van der Waals surface area contributed by atoms with Crippen molar-refractivity contribution >= 4 is 17.6 Å². The van der Waals surface area contributed by atoms with Gasteiger partial charge < -0.3 is 9.30 Å². The minimum Gasteiger partial charge on any atom is -0.462 e. The first-order valence-corrected chi connectivity index (χ1v) is 8.48. The number of hydrogen-bond donors (Lipinski definition) is 0. The standard InChI is InChI=1S/C21H18F2N2O2/c1-2-27-21(26)17(13-16-9-6-10-18(22)19(16)23)20-24-11-12-25(20)14-15-7-4-3-5-8-15/h3-13H,2,14H2,1H3. The number of hydrogen-bond acceptors (Lipinski definition) is 3. The second-order valence-corrected chi connectivity index (χ2v) is 5.79. The summed E-state index contributed by atoms with van der Waals surface area (Å²) in [4.78, 5) is 16.7. The fourth-order valence-corrected chi connectivity index (χ4v) is 2.67. The lowest BCUT2D eigenvalue weighted by atomic mass is 10.1. The van der Waals surface area contributed by atoms with Gasteiger partial charge in [0.15, 0.2) is 11.6 Å². The number of halogens is 2. The number of carbonyl (C=O) groups excluding carboxylic acids is 1. The summed E-state index contributed by atoms with van der Waals surface area (Å²) < 4.78 is 34.5. The molecule has 0 aliphatic rings. The molecule has 0 N–H and O–H groups in total. The average Bonchev–Trinajstić information content (AvgIpc) is 3.11. The van der Waals surface area contributed by atoms with E-state index in [1.807, 2.05) is 30.3 Å². The first kappa shape index (κ1) is 18.5. The molecule has 0 radical (unpaired) electrons.